The summed E-state index contributed by atoms with van der Waals surface area (Å²) in [5, 5.41) is 4.10. The van der Waals surface area contributed by atoms with Gasteiger partial charge in [0.05, 0.1) is 12.6 Å². The summed E-state index contributed by atoms with van der Waals surface area (Å²) in [7, 11) is 1.80. The lowest BCUT2D eigenvalue weighted by molar-refractivity contribution is -0.141. The average molecular weight is 252 g/mol. The zero-order valence-corrected chi connectivity index (χ0v) is 10.7. The second-order valence-corrected chi connectivity index (χ2v) is 4.59. The third-order valence-electron chi connectivity index (χ3n) is 3.25. The summed E-state index contributed by atoms with van der Waals surface area (Å²) in [5.41, 5.74) is 5.53. The van der Waals surface area contributed by atoms with Crippen LogP contribution in [0.15, 0.2) is 18.5 Å². The first kappa shape index (κ1) is 13.0. The summed E-state index contributed by atoms with van der Waals surface area (Å²) >= 11 is 0. The van der Waals surface area contributed by atoms with Gasteiger partial charge in [-0.15, -0.1) is 0 Å². The van der Waals surface area contributed by atoms with Crippen molar-refractivity contribution >= 4 is 5.91 Å². The normalized spacial score (nSPS) is 23.2. The molecule has 2 N–H and O–H groups in total. The van der Waals surface area contributed by atoms with Crippen LogP contribution in [0.4, 0.5) is 0 Å². The van der Waals surface area contributed by atoms with E-state index in [4.69, 9.17) is 10.5 Å². The van der Waals surface area contributed by atoms with Gasteiger partial charge in [-0.2, -0.15) is 5.10 Å². The molecule has 1 aromatic heterocycles. The third-order valence-corrected chi connectivity index (χ3v) is 3.25. The van der Waals surface area contributed by atoms with Gasteiger partial charge in [-0.1, -0.05) is 0 Å². The first-order chi connectivity index (χ1) is 8.70. The SMILES string of the molecule is CN(CCn1cccn1)C(=O)[C@@H]1CC[C@H](CN)O1. The molecule has 2 heterocycles. The van der Waals surface area contributed by atoms with Gasteiger partial charge in [-0.3, -0.25) is 9.48 Å². The Morgan fingerprint density at radius 1 is 1.61 bits per heavy atom. The van der Waals surface area contributed by atoms with Crippen molar-refractivity contribution < 1.29 is 9.53 Å². The summed E-state index contributed by atoms with van der Waals surface area (Å²) < 4.78 is 7.40. The van der Waals surface area contributed by atoms with Crippen molar-refractivity contribution in [2.75, 3.05) is 20.1 Å². The number of hydrogen-bond donors (Lipinski definition) is 1. The first-order valence-corrected chi connectivity index (χ1v) is 6.28. The second kappa shape index (κ2) is 5.97. The molecule has 6 nitrogen and oxygen atoms in total. The maximum absolute atomic E-state index is 12.1. The molecular weight excluding hydrogens is 232 g/mol. The maximum atomic E-state index is 12.1. The van der Waals surface area contributed by atoms with Crippen LogP contribution in [0.5, 0.6) is 0 Å². The average Bonchev–Trinajstić information content (AvgIpc) is 3.05. The number of amides is 1. The summed E-state index contributed by atoms with van der Waals surface area (Å²) in [6.45, 7) is 1.82. The Labute approximate surface area is 107 Å². The van der Waals surface area contributed by atoms with E-state index >= 15 is 0 Å². The van der Waals surface area contributed by atoms with Gasteiger partial charge < -0.3 is 15.4 Å². The van der Waals surface area contributed by atoms with Gasteiger partial charge >= 0.3 is 0 Å². The van der Waals surface area contributed by atoms with Crippen molar-refractivity contribution in [2.24, 2.45) is 5.73 Å². The molecule has 0 aliphatic carbocycles. The monoisotopic (exact) mass is 252 g/mol. The number of ether oxygens (including phenoxy) is 1. The molecule has 2 atom stereocenters. The molecule has 1 amide bonds. The van der Waals surface area contributed by atoms with E-state index in [-0.39, 0.29) is 18.1 Å². The maximum Gasteiger partial charge on any atom is 0.251 e. The largest absolute Gasteiger partial charge is 0.364 e. The van der Waals surface area contributed by atoms with Crippen LogP contribution in [0, 0.1) is 0 Å². The number of likely N-dealkylation sites (N-methyl/N-ethyl adjacent to an activating group) is 1. The number of hydrogen-bond acceptors (Lipinski definition) is 4. The minimum absolute atomic E-state index is 0.0399. The van der Waals surface area contributed by atoms with Crippen LogP contribution in [0.25, 0.3) is 0 Å². The van der Waals surface area contributed by atoms with Gasteiger partial charge in [0.2, 0.25) is 0 Å². The zero-order valence-electron chi connectivity index (χ0n) is 10.7. The van der Waals surface area contributed by atoms with Gasteiger partial charge in [0, 0.05) is 32.5 Å². The Morgan fingerprint density at radius 2 is 2.44 bits per heavy atom. The van der Waals surface area contributed by atoms with Crippen molar-refractivity contribution in [3.63, 3.8) is 0 Å². The molecule has 1 aliphatic heterocycles. The fourth-order valence-electron chi connectivity index (χ4n) is 2.10. The van der Waals surface area contributed by atoms with Crippen molar-refractivity contribution in [3.05, 3.63) is 18.5 Å². The van der Waals surface area contributed by atoms with Gasteiger partial charge in [0.15, 0.2) is 0 Å². The molecule has 0 bridgehead atoms. The summed E-state index contributed by atoms with van der Waals surface area (Å²) in [6.07, 6.45) is 4.98. The van der Waals surface area contributed by atoms with Crippen molar-refractivity contribution in [2.45, 2.75) is 31.6 Å². The summed E-state index contributed by atoms with van der Waals surface area (Å²) in [6, 6.07) is 1.87. The number of carbonyl (C=O) groups is 1. The van der Waals surface area contributed by atoms with Crippen molar-refractivity contribution in [1.82, 2.24) is 14.7 Å². The van der Waals surface area contributed by atoms with Crippen LogP contribution in [-0.2, 0) is 16.1 Å². The molecule has 0 saturated carbocycles. The molecule has 18 heavy (non-hydrogen) atoms. The molecule has 6 heteroatoms. The smallest absolute Gasteiger partial charge is 0.251 e. The highest BCUT2D eigenvalue weighted by molar-refractivity contribution is 5.80. The Balaban J connectivity index is 1.78. The molecule has 0 aromatic carbocycles. The van der Waals surface area contributed by atoms with Crippen LogP contribution in [0.1, 0.15) is 12.8 Å². The first-order valence-electron chi connectivity index (χ1n) is 6.28. The lowest BCUT2D eigenvalue weighted by Crippen LogP contribution is -2.38. The predicted octanol–water partition coefficient (Wildman–Crippen LogP) is -0.152. The Bertz CT molecular complexity index is 379. The lowest BCUT2D eigenvalue weighted by Gasteiger charge is -2.21. The zero-order chi connectivity index (χ0) is 13.0. The van der Waals surface area contributed by atoms with E-state index in [9.17, 15) is 4.79 Å². The number of carbonyl (C=O) groups excluding carboxylic acids is 1. The Morgan fingerprint density at radius 3 is 3.06 bits per heavy atom. The Kier molecular flexibility index (Phi) is 4.33. The number of nitrogens with two attached hydrogens (primary N) is 1. The van der Waals surface area contributed by atoms with Crippen LogP contribution >= 0.6 is 0 Å². The molecule has 1 saturated heterocycles. The van der Waals surface area contributed by atoms with Crippen molar-refractivity contribution in [1.29, 1.82) is 0 Å². The Hall–Kier alpha value is -1.40. The fourth-order valence-corrected chi connectivity index (χ4v) is 2.10. The van der Waals surface area contributed by atoms with E-state index in [1.807, 2.05) is 16.9 Å². The number of rotatable bonds is 5. The van der Waals surface area contributed by atoms with E-state index in [2.05, 4.69) is 5.10 Å². The topological polar surface area (TPSA) is 73.4 Å². The summed E-state index contributed by atoms with van der Waals surface area (Å²) in [5.74, 6) is 0.0399. The van der Waals surface area contributed by atoms with Crippen LogP contribution in [0.3, 0.4) is 0 Å². The van der Waals surface area contributed by atoms with Gasteiger partial charge in [-0.05, 0) is 18.9 Å². The molecule has 100 valence electrons. The molecule has 0 radical (unpaired) electrons. The van der Waals surface area contributed by atoms with Gasteiger partial charge in [0.1, 0.15) is 6.10 Å². The quantitative estimate of drug-likeness (QED) is 0.791. The molecule has 2 rings (SSSR count). The van der Waals surface area contributed by atoms with E-state index in [0.717, 1.165) is 12.8 Å². The number of nitrogens with zero attached hydrogens (tertiary/aromatic N) is 3. The van der Waals surface area contributed by atoms with E-state index in [1.54, 1.807) is 18.1 Å². The van der Waals surface area contributed by atoms with Crippen LogP contribution in [-0.4, -0.2) is 52.9 Å². The van der Waals surface area contributed by atoms with Crippen molar-refractivity contribution in [3.8, 4) is 0 Å². The van der Waals surface area contributed by atoms with E-state index in [0.29, 0.717) is 19.6 Å². The van der Waals surface area contributed by atoms with Crippen LogP contribution < -0.4 is 5.73 Å². The fraction of sp³-hybridized carbons (Fsp3) is 0.667. The minimum Gasteiger partial charge on any atom is -0.364 e. The minimum atomic E-state index is -0.318. The highest BCUT2D eigenvalue weighted by Gasteiger charge is 2.31. The molecule has 0 spiro atoms. The van der Waals surface area contributed by atoms with Gasteiger partial charge in [0.25, 0.3) is 5.91 Å². The van der Waals surface area contributed by atoms with Crippen LogP contribution in [0.2, 0.25) is 0 Å². The second-order valence-electron chi connectivity index (χ2n) is 4.59. The summed E-state index contributed by atoms with van der Waals surface area (Å²) in [4.78, 5) is 13.8. The molecule has 0 unspecified atom stereocenters. The standard InChI is InChI=1S/C12H20N4O2/c1-15(7-8-16-6-2-5-14-16)12(17)11-4-3-10(9-13)18-11/h2,5-6,10-11H,3-4,7-9,13H2,1H3/t10-,11+/m1/s1. The molecular formula is C12H20N4O2. The third kappa shape index (κ3) is 3.08. The van der Waals surface area contributed by atoms with E-state index < -0.39 is 0 Å². The molecule has 1 aliphatic rings. The molecule has 1 fully saturated rings. The highest BCUT2D eigenvalue weighted by atomic mass is 16.5. The van der Waals surface area contributed by atoms with Gasteiger partial charge in [-0.25, -0.2) is 0 Å². The predicted molar refractivity (Wildman–Crippen MR) is 66.8 cm³/mol. The molecule has 1 aromatic rings. The number of aromatic nitrogens is 2. The lowest BCUT2D eigenvalue weighted by atomic mass is 10.2. The highest BCUT2D eigenvalue weighted by Crippen LogP contribution is 2.20. The van der Waals surface area contributed by atoms with E-state index in [1.165, 1.54) is 0 Å².